The third kappa shape index (κ3) is 5.40. The first-order valence-corrected chi connectivity index (χ1v) is 11.9. The molecule has 36 heavy (non-hydrogen) atoms. The van der Waals surface area contributed by atoms with E-state index in [2.05, 4.69) is 24.3 Å². The van der Waals surface area contributed by atoms with Gasteiger partial charge in [0, 0.05) is 0 Å². The second-order valence-electron chi connectivity index (χ2n) is 7.93. The van der Waals surface area contributed by atoms with Gasteiger partial charge in [0.25, 0.3) is 0 Å². The lowest BCUT2D eigenvalue weighted by molar-refractivity contribution is 0.270. The molecule has 0 aromatic heterocycles. The van der Waals surface area contributed by atoms with Crippen LogP contribution in [0.25, 0.3) is 22.4 Å². The molecule has 0 saturated carbocycles. The molecule has 0 aliphatic rings. The van der Waals surface area contributed by atoms with Gasteiger partial charge in [-0.05, 0) is 70.8 Å². The van der Waals surface area contributed by atoms with Gasteiger partial charge in [0.15, 0.2) is 23.0 Å². The van der Waals surface area contributed by atoms with Gasteiger partial charge in [0.05, 0.1) is 37.5 Å². The fourth-order valence-electron chi connectivity index (χ4n) is 3.99. The fraction of sp³-hybridized carbons (Fsp3) is 0.167. The van der Waals surface area contributed by atoms with Crippen LogP contribution in [0.2, 0.25) is 5.02 Å². The van der Waals surface area contributed by atoms with E-state index in [1.54, 1.807) is 38.5 Å². The highest BCUT2D eigenvalue weighted by Gasteiger charge is 2.15. The monoisotopic (exact) mass is 499 g/mol. The van der Waals surface area contributed by atoms with Crippen molar-refractivity contribution in [1.82, 2.24) is 0 Å². The van der Waals surface area contributed by atoms with Crippen molar-refractivity contribution in [3.8, 4) is 29.1 Å². The topological polar surface area (TPSA) is 60.7 Å². The van der Waals surface area contributed by atoms with E-state index in [1.807, 2.05) is 43.3 Å². The van der Waals surface area contributed by atoms with Gasteiger partial charge in [-0.2, -0.15) is 5.26 Å². The lowest BCUT2D eigenvalue weighted by Crippen LogP contribution is -2.01. The third-order valence-corrected chi connectivity index (χ3v) is 5.99. The summed E-state index contributed by atoms with van der Waals surface area (Å²) < 4.78 is 22.7. The van der Waals surface area contributed by atoms with Crippen molar-refractivity contribution in [1.29, 1.82) is 5.26 Å². The Bertz CT molecular complexity index is 1450. The molecule has 4 rings (SSSR count). The first-order chi connectivity index (χ1) is 17.6. The minimum atomic E-state index is 0.339. The normalized spacial score (nSPS) is 11.1. The van der Waals surface area contributed by atoms with Crippen LogP contribution < -0.4 is 18.9 Å². The molecule has 0 aliphatic carbocycles. The molecule has 0 spiro atoms. The summed E-state index contributed by atoms with van der Waals surface area (Å²) in [6.07, 6.45) is 1.75. The van der Waals surface area contributed by atoms with Gasteiger partial charge in [-0.15, -0.1) is 0 Å². The van der Waals surface area contributed by atoms with Crippen molar-refractivity contribution in [2.24, 2.45) is 0 Å². The van der Waals surface area contributed by atoms with Crippen molar-refractivity contribution < 1.29 is 18.9 Å². The Labute approximate surface area is 216 Å². The Kier molecular flexibility index (Phi) is 7.99. The molecular weight excluding hydrogens is 474 g/mol. The van der Waals surface area contributed by atoms with Crippen molar-refractivity contribution in [3.63, 3.8) is 0 Å². The highest BCUT2D eigenvalue weighted by molar-refractivity contribution is 6.32. The molecule has 0 saturated heterocycles. The van der Waals surface area contributed by atoms with E-state index >= 15 is 0 Å². The van der Waals surface area contributed by atoms with Crippen LogP contribution in [0, 0.1) is 11.3 Å². The Morgan fingerprint density at radius 3 is 2.42 bits per heavy atom. The zero-order valence-corrected chi connectivity index (χ0v) is 21.1. The Hall–Kier alpha value is -4.14. The lowest BCUT2D eigenvalue weighted by Gasteiger charge is -2.15. The van der Waals surface area contributed by atoms with Crippen LogP contribution in [0.5, 0.6) is 23.0 Å². The number of fused-ring (bicyclic) bond motifs is 1. The summed E-state index contributed by atoms with van der Waals surface area (Å²) in [6.45, 7) is 2.68. The third-order valence-electron chi connectivity index (χ3n) is 5.71. The molecule has 0 fully saturated rings. The average Bonchev–Trinajstić information content (AvgIpc) is 2.91. The van der Waals surface area contributed by atoms with Gasteiger partial charge < -0.3 is 18.9 Å². The molecule has 0 radical (unpaired) electrons. The van der Waals surface area contributed by atoms with Crippen molar-refractivity contribution in [3.05, 3.63) is 94.5 Å². The van der Waals surface area contributed by atoms with E-state index in [-0.39, 0.29) is 0 Å². The molecule has 0 N–H and O–H groups in total. The van der Waals surface area contributed by atoms with Crippen molar-refractivity contribution in [2.75, 3.05) is 20.8 Å². The highest BCUT2D eigenvalue weighted by Crippen LogP contribution is 2.39. The van der Waals surface area contributed by atoms with Crippen LogP contribution >= 0.6 is 11.6 Å². The maximum atomic E-state index is 9.84. The van der Waals surface area contributed by atoms with Crippen molar-refractivity contribution >= 4 is 34.0 Å². The zero-order valence-electron chi connectivity index (χ0n) is 20.4. The number of allylic oxidation sites excluding steroid dienone is 1. The summed E-state index contributed by atoms with van der Waals surface area (Å²) in [6, 6.07) is 25.5. The average molecular weight is 500 g/mol. The van der Waals surface area contributed by atoms with E-state index in [1.165, 1.54) is 0 Å². The van der Waals surface area contributed by atoms with E-state index in [4.69, 9.17) is 30.5 Å². The first-order valence-electron chi connectivity index (χ1n) is 11.5. The maximum absolute atomic E-state index is 9.84. The number of nitriles is 1. The summed E-state index contributed by atoms with van der Waals surface area (Å²) in [5, 5.41) is 12.5. The van der Waals surface area contributed by atoms with Gasteiger partial charge in [0.1, 0.15) is 6.61 Å². The Morgan fingerprint density at radius 1 is 0.889 bits per heavy atom. The van der Waals surface area contributed by atoms with E-state index < -0.39 is 0 Å². The number of hydrogen-bond acceptors (Lipinski definition) is 5. The van der Waals surface area contributed by atoms with Gasteiger partial charge in [0.2, 0.25) is 0 Å². The minimum absolute atomic E-state index is 0.339. The molecule has 0 unspecified atom stereocenters. The smallest absolute Gasteiger partial charge is 0.180 e. The molecule has 4 aromatic rings. The van der Waals surface area contributed by atoms with Gasteiger partial charge >= 0.3 is 0 Å². The predicted molar refractivity (Wildman–Crippen MR) is 144 cm³/mol. The van der Waals surface area contributed by atoms with Crippen LogP contribution in [-0.2, 0) is 6.61 Å². The SMILES string of the molecule is CCOc1cc(/C=C(\C#N)c2ccc(OC)c(OC)c2)cc(Cl)c1OCc1cccc2ccccc12. The standard InChI is InChI=1S/C30H26ClNO4/c1-4-35-29-16-20(14-24(18-32)22-12-13-27(33-2)28(17-22)34-3)15-26(31)30(29)36-19-23-10-7-9-21-8-5-6-11-25(21)23/h5-17H,4,19H2,1-3H3/b24-14+. The number of ether oxygens (including phenoxy) is 4. The molecule has 5 nitrogen and oxygen atoms in total. The summed E-state index contributed by atoms with van der Waals surface area (Å²) in [5.41, 5.74) is 2.91. The quantitative estimate of drug-likeness (QED) is 0.176. The number of halogens is 1. The number of hydrogen-bond donors (Lipinski definition) is 0. The summed E-state index contributed by atoms with van der Waals surface area (Å²) >= 11 is 6.66. The van der Waals surface area contributed by atoms with Crippen LogP contribution in [0.1, 0.15) is 23.6 Å². The maximum Gasteiger partial charge on any atom is 0.180 e. The van der Waals surface area contributed by atoms with E-state index in [0.717, 1.165) is 16.3 Å². The first kappa shape index (κ1) is 25.0. The van der Waals surface area contributed by atoms with E-state index in [0.29, 0.717) is 57.9 Å². The number of methoxy groups -OCH3 is 2. The molecule has 182 valence electrons. The summed E-state index contributed by atoms with van der Waals surface area (Å²) in [7, 11) is 3.13. The highest BCUT2D eigenvalue weighted by atomic mass is 35.5. The molecule has 6 heteroatoms. The predicted octanol–water partition coefficient (Wildman–Crippen LogP) is 7.55. The Morgan fingerprint density at radius 2 is 1.67 bits per heavy atom. The summed E-state index contributed by atoms with van der Waals surface area (Å²) in [5.74, 6) is 2.11. The van der Waals surface area contributed by atoms with Crippen LogP contribution in [0.4, 0.5) is 0 Å². The number of benzene rings is 4. The Balaban J connectivity index is 1.66. The molecule has 0 atom stereocenters. The molecule has 0 amide bonds. The summed E-state index contributed by atoms with van der Waals surface area (Å²) in [4.78, 5) is 0. The lowest BCUT2D eigenvalue weighted by atomic mass is 10.0. The fourth-order valence-corrected chi connectivity index (χ4v) is 4.27. The molecule has 0 bridgehead atoms. The molecule has 4 aromatic carbocycles. The molecule has 0 aliphatic heterocycles. The second-order valence-corrected chi connectivity index (χ2v) is 8.34. The number of nitrogens with zero attached hydrogens (tertiary/aromatic N) is 1. The molecule has 0 heterocycles. The van der Waals surface area contributed by atoms with Crippen LogP contribution in [0.15, 0.2) is 72.8 Å². The van der Waals surface area contributed by atoms with Crippen molar-refractivity contribution in [2.45, 2.75) is 13.5 Å². The van der Waals surface area contributed by atoms with Gasteiger partial charge in [-0.3, -0.25) is 0 Å². The van der Waals surface area contributed by atoms with Crippen LogP contribution in [-0.4, -0.2) is 20.8 Å². The number of rotatable bonds is 9. The van der Waals surface area contributed by atoms with Crippen LogP contribution in [0.3, 0.4) is 0 Å². The second kappa shape index (κ2) is 11.5. The zero-order chi connectivity index (χ0) is 25.5. The van der Waals surface area contributed by atoms with E-state index in [9.17, 15) is 5.26 Å². The van der Waals surface area contributed by atoms with Gasteiger partial charge in [-0.1, -0.05) is 54.1 Å². The minimum Gasteiger partial charge on any atom is -0.493 e. The van der Waals surface area contributed by atoms with Gasteiger partial charge in [-0.25, -0.2) is 0 Å². The molecular formula is C30H26ClNO4. The largest absolute Gasteiger partial charge is 0.493 e.